The van der Waals surface area contributed by atoms with Crippen LogP contribution < -0.4 is 16.0 Å². The zero-order valence-electron chi connectivity index (χ0n) is 27.3. The van der Waals surface area contributed by atoms with Crippen molar-refractivity contribution in [3.05, 3.63) is 0 Å². The first-order valence-electron chi connectivity index (χ1n) is 15.5. The highest BCUT2D eigenvalue weighted by atomic mass is 16.6. The van der Waals surface area contributed by atoms with Crippen molar-refractivity contribution in [3.8, 4) is 0 Å². The lowest BCUT2D eigenvalue weighted by Crippen LogP contribution is -2.30. The summed E-state index contributed by atoms with van der Waals surface area (Å²) in [7, 11) is 3.05. The number of hydrogen-bond donors (Lipinski definition) is 3. The second-order valence-electron chi connectivity index (χ2n) is 9.24. The number of carbonyl (C=O) groups is 3. The van der Waals surface area contributed by atoms with E-state index in [1.165, 1.54) is 7.11 Å². The van der Waals surface area contributed by atoms with Crippen LogP contribution in [0.1, 0.15) is 12.8 Å². The molecule has 0 aliphatic rings. The van der Waals surface area contributed by atoms with Gasteiger partial charge < -0.3 is 63.3 Å². The number of methoxy groups -OCH3 is 2. The predicted molar refractivity (Wildman–Crippen MR) is 163 cm³/mol. The Morgan fingerprint density at radius 3 is 1.31 bits per heavy atom. The Kier molecular flexibility index (Phi) is 35.1. The Morgan fingerprint density at radius 2 is 0.822 bits per heavy atom. The van der Waals surface area contributed by atoms with Gasteiger partial charge in [-0.2, -0.15) is 0 Å². The van der Waals surface area contributed by atoms with Crippen molar-refractivity contribution in [1.82, 2.24) is 16.0 Å². The van der Waals surface area contributed by atoms with Gasteiger partial charge in [-0.1, -0.05) is 0 Å². The van der Waals surface area contributed by atoms with Crippen LogP contribution in [-0.4, -0.2) is 177 Å². The summed E-state index contributed by atoms with van der Waals surface area (Å²) < 4.78 is 52.8. The average molecular weight is 656 g/mol. The normalized spacial score (nSPS) is 11.2. The Labute approximate surface area is 267 Å². The van der Waals surface area contributed by atoms with Gasteiger partial charge in [-0.3, -0.25) is 14.4 Å². The van der Waals surface area contributed by atoms with Crippen molar-refractivity contribution in [3.63, 3.8) is 0 Å². The lowest BCUT2D eigenvalue weighted by Gasteiger charge is -2.09. The van der Waals surface area contributed by atoms with E-state index in [1.54, 1.807) is 7.11 Å². The van der Waals surface area contributed by atoms with Crippen molar-refractivity contribution in [1.29, 1.82) is 0 Å². The number of Topliss-reactive ketones (excluding diaryl/α,β-unsaturated/α-hetero) is 1. The first-order valence-corrected chi connectivity index (χ1v) is 15.5. The third-order valence-electron chi connectivity index (χ3n) is 5.45. The molecule has 0 aromatic carbocycles. The van der Waals surface area contributed by atoms with Crippen LogP contribution in [0.25, 0.3) is 0 Å². The Hall–Kier alpha value is -1.83. The Morgan fingerprint density at radius 1 is 0.422 bits per heavy atom. The molecule has 0 atom stereocenters. The zero-order chi connectivity index (χ0) is 32.9. The second-order valence-corrected chi connectivity index (χ2v) is 9.24. The molecule has 0 unspecified atom stereocenters. The van der Waals surface area contributed by atoms with E-state index in [2.05, 4.69) is 16.0 Å². The van der Waals surface area contributed by atoms with Crippen LogP contribution in [0, 0.1) is 0 Å². The lowest BCUT2D eigenvalue weighted by molar-refractivity contribution is -0.125. The number of carbonyl (C=O) groups excluding carboxylic acids is 3. The van der Waals surface area contributed by atoms with E-state index in [0.717, 1.165) is 0 Å². The van der Waals surface area contributed by atoms with Crippen LogP contribution in [0.2, 0.25) is 0 Å². The largest absolute Gasteiger partial charge is 0.383 e. The van der Waals surface area contributed by atoms with Gasteiger partial charge in [-0.25, -0.2) is 0 Å². The molecule has 0 rings (SSSR count). The summed E-state index contributed by atoms with van der Waals surface area (Å²) in [5.41, 5.74) is 0. The molecule has 266 valence electrons. The molecule has 0 saturated heterocycles. The fourth-order valence-electron chi connectivity index (χ4n) is 3.16. The number of amides is 2. The minimum absolute atomic E-state index is 0.0414. The van der Waals surface area contributed by atoms with Gasteiger partial charge >= 0.3 is 0 Å². The third kappa shape index (κ3) is 36.5. The summed E-state index contributed by atoms with van der Waals surface area (Å²) in [6.45, 7) is 9.18. The number of ether oxygens (including phenoxy) is 10. The molecule has 16 nitrogen and oxygen atoms in total. The minimum atomic E-state index is -0.173. The maximum Gasteiger partial charge on any atom is 0.246 e. The molecule has 0 radical (unpaired) electrons. The highest BCUT2D eigenvalue weighted by Crippen LogP contribution is 1.88. The fourth-order valence-corrected chi connectivity index (χ4v) is 3.16. The number of rotatable bonds is 37. The smallest absolute Gasteiger partial charge is 0.246 e. The van der Waals surface area contributed by atoms with Crippen molar-refractivity contribution < 1.29 is 61.8 Å². The quantitative estimate of drug-likeness (QED) is 0.0664. The molecule has 0 aliphatic heterocycles. The van der Waals surface area contributed by atoms with E-state index < -0.39 is 0 Å². The van der Waals surface area contributed by atoms with E-state index in [4.69, 9.17) is 47.4 Å². The molecule has 0 heterocycles. The molecule has 2 amide bonds. The first kappa shape index (κ1) is 43.2. The molecule has 0 aliphatic carbocycles. The van der Waals surface area contributed by atoms with Gasteiger partial charge in [0.25, 0.3) is 0 Å². The summed E-state index contributed by atoms with van der Waals surface area (Å²) in [6, 6.07) is 0. The molecular weight excluding hydrogens is 598 g/mol. The van der Waals surface area contributed by atoms with E-state index in [9.17, 15) is 14.4 Å². The molecular formula is C29H57N3O13. The van der Waals surface area contributed by atoms with E-state index in [0.29, 0.717) is 145 Å². The predicted octanol–water partition coefficient (Wildman–Crippen LogP) is -1.42. The SMILES string of the molecule is COCCNC(=O)CCOCCOCCOCCOCCNCC(=O)CCOCCOCCOCCOCCNC(=O)COC. The fraction of sp³-hybridized carbons (Fsp3) is 0.897. The van der Waals surface area contributed by atoms with Gasteiger partial charge in [0.15, 0.2) is 0 Å². The maximum absolute atomic E-state index is 11.9. The summed E-state index contributed by atoms with van der Waals surface area (Å²) in [5.74, 6) is -0.165. The Bertz CT molecular complexity index is 677. The van der Waals surface area contributed by atoms with Crippen LogP contribution in [0.5, 0.6) is 0 Å². The van der Waals surface area contributed by atoms with Crippen LogP contribution in [-0.2, 0) is 61.8 Å². The zero-order valence-corrected chi connectivity index (χ0v) is 27.3. The number of ketones is 1. The first-order chi connectivity index (χ1) is 22.1. The third-order valence-corrected chi connectivity index (χ3v) is 5.45. The number of nitrogens with one attached hydrogen (secondary N) is 3. The van der Waals surface area contributed by atoms with Crippen molar-refractivity contribution in [2.75, 3.05) is 159 Å². The topological polar surface area (TPSA) is 180 Å². The van der Waals surface area contributed by atoms with Crippen molar-refractivity contribution >= 4 is 17.6 Å². The monoisotopic (exact) mass is 655 g/mol. The molecule has 45 heavy (non-hydrogen) atoms. The second kappa shape index (κ2) is 36.6. The molecule has 0 fully saturated rings. The lowest BCUT2D eigenvalue weighted by atomic mass is 10.3. The van der Waals surface area contributed by atoms with E-state index in [1.807, 2.05) is 0 Å². The van der Waals surface area contributed by atoms with Gasteiger partial charge in [0.1, 0.15) is 12.4 Å². The van der Waals surface area contributed by atoms with Crippen molar-refractivity contribution in [2.24, 2.45) is 0 Å². The highest BCUT2D eigenvalue weighted by molar-refractivity contribution is 5.80. The average Bonchev–Trinajstić information content (AvgIpc) is 3.03. The Balaban J connectivity index is 3.20. The summed E-state index contributed by atoms with van der Waals surface area (Å²) in [5, 5.41) is 8.44. The van der Waals surface area contributed by atoms with Gasteiger partial charge in [0.05, 0.1) is 119 Å². The molecule has 16 heteroatoms. The molecule has 0 aromatic heterocycles. The van der Waals surface area contributed by atoms with Crippen molar-refractivity contribution in [2.45, 2.75) is 12.8 Å². The molecule has 0 bridgehead atoms. The maximum atomic E-state index is 11.9. The summed E-state index contributed by atoms with van der Waals surface area (Å²) in [4.78, 5) is 34.5. The van der Waals surface area contributed by atoms with Gasteiger partial charge in [-0.05, 0) is 0 Å². The van der Waals surface area contributed by atoms with Gasteiger partial charge in [0.2, 0.25) is 11.8 Å². The molecule has 0 spiro atoms. The molecule has 0 aromatic rings. The van der Waals surface area contributed by atoms with Crippen LogP contribution in [0.3, 0.4) is 0 Å². The minimum Gasteiger partial charge on any atom is -0.383 e. The highest BCUT2D eigenvalue weighted by Gasteiger charge is 2.03. The van der Waals surface area contributed by atoms with Crippen LogP contribution >= 0.6 is 0 Å². The summed E-state index contributed by atoms with van der Waals surface area (Å²) >= 11 is 0. The number of hydrogen-bond acceptors (Lipinski definition) is 14. The van der Waals surface area contributed by atoms with Crippen LogP contribution in [0.4, 0.5) is 0 Å². The molecule has 0 saturated carbocycles. The molecule has 3 N–H and O–H groups in total. The summed E-state index contributed by atoms with van der Waals surface area (Å²) in [6.07, 6.45) is 0.645. The van der Waals surface area contributed by atoms with Gasteiger partial charge in [-0.15, -0.1) is 0 Å². The van der Waals surface area contributed by atoms with E-state index in [-0.39, 0.29) is 30.7 Å². The van der Waals surface area contributed by atoms with E-state index >= 15 is 0 Å². The van der Waals surface area contributed by atoms with Gasteiger partial charge in [0, 0.05) is 46.7 Å². The standard InChI is InChI=1S/C29H57N3O13/c1-36-10-6-31-28(34)4-9-39-14-18-43-22-23-44-19-15-40-11-5-30-25-27(33)3-8-38-13-17-42-21-24-45-20-16-41-12-7-32-29(35)26-37-2/h30H,3-26H2,1-2H3,(H,31,34)(H,32,35). The van der Waals surface area contributed by atoms with Crippen LogP contribution in [0.15, 0.2) is 0 Å².